The molecule has 8 heteroatoms. The summed E-state index contributed by atoms with van der Waals surface area (Å²) in [5.41, 5.74) is 0.901. The van der Waals surface area contributed by atoms with E-state index in [0.29, 0.717) is 31.5 Å². The molecule has 0 unspecified atom stereocenters. The lowest BCUT2D eigenvalue weighted by Crippen LogP contribution is -2.44. The van der Waals surface area contributed by atoms with Gasteiger partial charge in [0.05, 0.1) is 11.5 Å². The molecule has 0 saturated carbocycles. The van der Waals surface area contributed by atoms with Gasteiger partial charge in [-0.15, -0.1) is 0 Å². The lowest BCUT2D eigenvalue weighted by Gasteiger charge is -2.37. The molecule has 1 saturated heterocycles. The first-order chi connectivity index (χ1) is 14.6. The predicted octanol–water partition coefficient (Wildman–Crippen LogP) is 3.02. The minimum atomic E-state index is -0.592. The number of oxazole rings is 1. The van der Waals surface area contributed by atoms with Gasteiger partial charge in [-0.2, -0.15) is 10.2 Å². The average Bonchev–Trinajstić information content (AvgIpc) is 3.28. The summed E-state index contributed by atoms with van der Waals surface area (Å²) in [6, 6.07) is 15.2. The van der Waals surface area contributed by atoms with Crippen LogP contribution in [0.2, 0.25) is 0 Å². The Balaban J connectivity index is 1.40. The number of anilines is 1. The number of nitrogens with zero attached hydrogens (tertiary/aromatic N) is 4. The molecule has 0 radical (unpaired) electrons. The number of likely N-dealkylation sites (tertiary alicyclic amines) is 1. The second-order valence-electron chi connectivity index (χ2n) is 7.08. The monoisotopic (exact) mass is 401 g/mol. The summed E-state index contributed by atoms with van der Waals surface area (Å²) >= 11 is 0. The fourth-order valence-corrected chi connectivity index (χ4v) is 3.58. The van der Waals surface area contributed by atoms with Crippen molar-refractivity contribution >= 4 is 17.8 Å². The van der Waals surface area contributed by atoms with E-state index in [-0.39, 0.29) is 17.6 Å². The molecule has 1 aliphatic rings. The molecule has 3 heterocycles. The Kier molecular flexibility index (Phi) is 5.26. The second kappa shape index (κ2) is 8.17. The first-order valence-electron chi connectivity index (χ1n) is 9.54. The van der Waals surface area contributed by atoms with Crippen LogP contribution in [0.25, 0.3) is 0 Å². The van der Waals surface area contributed by atoms with Gasteiger partial charge < -0.3 is 9.32 Å². The van der Waals surface area contributed by atoms with Crippen molar-refractivity contribution < 1.29 is 14.0 Å². The van der Waals surface area contributed by atoms with Gasteiger partial charge in [0.2, 0.25) is 0 Å². The van der Waals surface area contributed by atoms with Crippen molar-refractivity contribution in [1.29, 1.82) is 5.26 Å². The Labute approximate surface area is 173 Å². The number of hydrogen-bond acceptors (Lipinski definition) is 6. The van der Waals surface area contributed by atoms with Crippen molar-refractivity contribution in [1.82, 2.24) is 14.9 Å². The van der Waals surface area contributed by atoms with Gasteiger partial charge in [-0.05, 0) is 30.5 Å². The highest BCUT2D eigenvalue weighted by Gasteiger charge is 2.38. The van der Waals surface area contributed by atoms with Crippen molar-refractivity contribution in [2.75, 3.05) is 18.4 Å². The zero-order valence-corrected chi connectivity index (χ0v) is 16.1. The molecule has 150 valence electrons. The maximum Gasteiger partial charge on any atom is 0.302 e. The molecule has 1 aliphatic heterocycles. The molecule has 0 spiro atoms. The fourth-order valence-electron chi connectivity index (χ4n) is 3.58. The zero-order valence-electron chi connectivity index (χ0n) is 16.1. The molecule has 2 amide bonds. The minimum absolute atomic E-state index is 0.0483. The van der Waals surface area contributed by atoms with Crippen LogP contribution in [0.15, 0.2) is 65.5 Å². The maximum atomic E-state index is 12.8. The van der Waals surface area contributed by atoms with Crippen molar-refractivity contribution in [3.8, 4) is 6.07 Å². The molecule has 0 aliphatic carbocycles. The highest BCUT2D eigenvalue weighted by atomic mass is 16.4. The van der Waals surface area contributed by atoms with Gasteiger partial charge in [-0.3, -0.25) is 19.9 Å². The van der Waals surface area contributed by atoms with Crippen molar-refractivity contribution in [3.05, 3.63) is 77.9 Å². The molecule has 0 bridgehead atoms. The number of carbonyl (C=O) groups is 2. The lowest BCUT2D eigenvalue weighted by molar-refractivity contribution is 0.0685. The zero-order chi connectivity index (χ0) is 21.0. The van der Waals surface area contributed by atoms with Crippen LogP contribution in [-0.4, -0.2) is 39.8 Å². The number of carbonyl (C=O) groups excluding carboxylic acids is 2. The summed E-state index contributed by atoms with van der Waals surface area (Å²) in [4.78, 5) is 34.6. The Morgan fingerprint density at radius 2 is 1.80 bits per heavy atom. The quantitative estimate of drug-likeness (QED) is 0.719. The summed E-state index contributed by atoms with van der Waals surface area (Å²) in [6.07, 6.45) is 5.33. The van der Waals surface area contributed by atoms with Gasteiger partial charge >= 0.3 is 6.01 Å². The average molecular weight is 401 g/mol. The van der Waals surface area contributed by atoms with E-state index in [9.17, 15) is 14.9 Å². The maximum absolute atomic E-state index is 12.8. The van der Waals surface area contributed by atoms with Gasteiger partial charge in [0.15, 0.2) is 5.69 Å². The number of rotatable bonds is 4. The highest BCUT2D eigenvalue weighted by Crippen LogP contribution is 2.35. The Morgan fingerprint density at radius 1 is 1.10 bits per heavy atom. The molecule has 8 nitrogen and oxygen atoms in total. The SMILES string of the molecule is N#CC1(c2ccccc2)CCN(C(=O)c2coc(NC(=O)c3ccncc3)n2)CC1. The molecule has 1 fully saturated rings. The normalized spacial score (nSPS) is 15.2. The molecule has 2 aromatic heterocycles. The number of benzene rings is 1. The standard InChI is InChI=1S/C22H19N5O3/c23-15-22(17-4-2-1-3-5-17)8-12-27(13-9-22)20(29)18-14-30-21(25-18)26-19(28)16-6-10-24-11-7-16/h1-7,10-11,14H,8-9,12-13H2,(H,25,26,28). The first kappa shape index (κ1) is 19.3. The Hall–Kier alpha value is -3.99. The molecular formula is C22H19N5O3. The Bertz CT molecular complexity index is 1080. The van der Waals surface area contributed by atoms with E-state index in [0.717, 1.165) is 5.56 Å². The van der Waals surface area contributed by atoms with E-state index in [1.54, 1.807) is 17.0 Å². The fraction of sp³-hybridized carbons (Fsp3) is 0.227. The van der Waals surface area contributed by atoms with Crippen LogP contribution in [-0.2, 0) is 5.41 Å². The smallest absolute Gasteiger partial charge is 0.302 e. The predicted molar refractivity (Wildman–Crippen MR) is 108 cm³/mol. The highest BCUT2D eigenvalue weighted by molar-refractivity contribution is 6.03. The number of amides is 2. The van der Waals surface area contributed by atoms with E-state index < -0.39 is 11.3 Å². The van der Waals surface area contributed by atoms with Crippen molar-refractivity contribution in [3.63, 3.8) is 0 Å². The summed E-state index contributed by atoms with van der Waals surface area (Å²) in [6.45, 7) is 0.875. The van der Waals surface area contributed by atoms with Crippen molar-refractivity contribution in [2.45, 2.75) is 18.3 Å². The topological polar surface area (TPSA) is 112 Å². The van der Waals surface area contributed by atoms with Crippen LogP contribution in [0.3, 0.4) is 0 Å². The molecule has 4 rings (SSSR count). The van der Waals surface area contributed by atoms with Gasteiger partial charge in [0.25, 0.3) is 11.8 Å². The van der Waals surface area contributed by atoms with E-state index in [2.05, 4.69) is 21.4 Å². The van der Waals surface area contributed by atoms with Crippen molar-refractivity contribution in [2.24, 2.45) is 0 Å². The van der Waals surface area contributed by atoms with Gasteiger partial charge in [-0.1, -0.05) is 30.3 Å². The second-order valence-corrected chi connectivity index (χ2v) is 7.08. The van der Waals surface area contributed by atoms with E-state index in [4.69, 9.17) is 4.42 Å². The van der Waals surface area contributed by atoms with E-state index in [1.807, 2.05) is 30.3 Å². The van der Waals surface area contributed by atoms with Crippen LogP contribution >= 0.6 is 0 Å². The van der Waals surface area contributed by atoms with Crippen LogP contribution in [0, 0.1) is 11.3 Å². The third kappa shape index (κ3) is 3.78. The lowest BCUT2D eigenvalue weighted by atomic mass is 9.74. The van der Waals surface area contributed by atoms with E-state index >= 15 is 0 Å². The first-order valence-corrected chi connectivity index (χ1v) is 9.54. The van der Waals surface area contributed by atoms with Crippen LogP contribution in [0.1, 0.15) is 39.3 Å². The number of pyridine rings is 1. The van der Waals surface area contributed by atoms with Crippen LogP contribution in [0.4, 0.5) is 6.01 Å². The molecule has 1 N–H and O–H groups in total. The van der Waals surface area contributed by atoms with Crippen LogP contribution < -0.4 is 5.32 Å². The third-order valence-corrected chi connectivity index (χ3v) is 5.33. The Morgan fingerprint density at radius 3 is 2.47 bits per heavy atom. The van der Waals surface area contributed by atoms with Crippen LogP contribution in [0.5, 0.6) is 0 Å². The molecule has 3 aromatic rings. The number of nitrogens with one attached hydrogen (secondary N) is 1. The number of aromatic nitrogens is 2. The van der Waals surface area contributed by atoms with Gasteiger partial charge in [0, 0.05) is 31.0 Å². The summed E-state index contributed by atoms with van der Waals surface area (Å²) in [5, 5.41) is 12.3. The molecule has 0 atom stereocenters. The van der Waals surface area contributed by atoms with Gasteiger partial charge in [0.1, 0.15) is 6.26 Å². The molecule has 1 aromatic carbocycles. The molecular weight excluding hydrogens is 382 g/mol. The van der Waals surface area contributed by atoms with E-state index in [1.165, 1.54) is 18.7 Å². The largest absolute Gasteiger partial charge is 0.431 e. The third-order valence-electron chi connectivity index (χ3n) is 5.33. The number of hydrogen-bond donors (Lipinski definition) is 1. The number of piperidine rings is 1. The summed E-state index contributed by atoms with van der Waals surface area (Å²) in [5.74, 6) is -0.694. The summed E-state index contributed by atoms with van der Waals surface area (Å²) in [7, 11) is 0. The number of nitriles is 1. The summed E-state index contributed by atoms with van der Waals surface area (Å²) < 4.78 is 5.24. The minimum Gasteiger partial charge on any atom is -0.431 e. The van der Waals surface area contributed by atoms with Gasteiger partial charge in [-0.25, -0.2) is 0 Å². The molecule has 30 heavy (non-hydrogen) atoms.